The Kier molecular flexibility index (Phi) is 5.39. The first-order valence-corrected chi connectivity index (χ1v) is 10.8. The molecule has 33 heavy (non-hydrogen) atoms. The van der Waals surface area contributed by atoms with Gasteiger partial charge in [0.1, 0.15) is 0 Å². The molecule has 0 atom stereocenters. The fourth-order valence-corrected chi connectivity index (χ4v) is 4.10. The summed E-state index contributed by atoms with van der Waals surface area (Å²) in [5, 5.41) is 3.21. The maximum Gasteiger partial charge on any atom is 0.271 e. The van der Waals surface area contributed by atoms with E-state index in [1.54, 1.807) is 6.33 Å². The molecule has 1 aliphatic rings. The van der Waals surface area contributed by atoms with Gasteiger partial charge in [-0.05, 0) is 37.3 Å². The highest BCUT2D eigenvalue weighted by molar-refractivity contribution is 5.98. The molecule has 3 heterocycles. The highest BCUT2D eigenvalue weighted by Crippen LogP contribution is 2.30. The van der Waals surface area contributed by atoms with Gasteiger partial charge >= 0.3 is 0 Å². The van der Waals surface area contributed by atoms with Crippen LogP contribution in [0.25, 0.3) is 22.3 Å². The second-order valence-corrected chi connectivity index (χ2v) is 8.02. The summed E-state index contributed by atoms with van der Waals surface area (Å²) >= 11 is 0. The molecular weight excluding hydrogens is 418 g/mol. The first kappa shape index (κ1) is 20.9. The Bertz CT molecular complexity index is 1320. The van der Waals surface area contributed by atoms with Gasteiger partial charge in [0, 0.05) is 37.1 Å². The zero-order chi connectivity index (χ0) is 22.9. The number of hydrogen-bond acceptors (Lipinski definition) is 7. The second kappa shape index (κ2) is 8.51. The summed E-state index contributed by atoms with van der Waals surface area (Å²) in [5.41, 5.74) is 11.5. The average Bonchev–Trinajstić information content (AvgIpc) is 3.21. The number of anilines is 3. The first-order chi connectivity index (χ1) is 16.0. The molecule has 1 aliphatic heterocycles. The van der Waals surface area contributed by atoms with Crippen molar-refractivity contribution in [2.24, 2.45) is 12.8 Å². The van der Waals surface area contributed by atoms with Gasteiger partial charge in [0.15, 0.2) is 11.5 Å². The largest absolute Gasteiger partial charge is 0.378 e. The molecule has 1 amide bonds. The maximum atomic E-state index is 12.3. The number of nitrogens with one attached hydrogen (secondary N) is 1. The van der Waals surface area contributed by atoms with Crippen molar-refractivity contribution in [2.75, 3.05) is 36.5 Å². The van der Waals surface area contributed by atoms with Crippen molar-refractivity contribution < 1.29 is 9.53 Å². The Morgan fingerprint density at radius 2 is 1.85 bits per heavy atom. The highest BCUT2D eigenvalue weighted by atomic mass is 16.5. The number of para-hydroxylation sites is 1. The SMILES string of the molecule is Cc1nc(Nc2ccc(N3CCOCC3)cc2)c(C(N)=O)nc1-c1cccc2c1ncn2C. The molecule has 5 rings (SSSR count). The van der Waals surface area contributed by atoms with Crippen molar-refractivity contribution in [3.8, 4) is 11.3 Å². The lowest BCUT2D eigenvalue weighted by Crippen LogP contribution is -2.36. The van der Waals surface area contributed by atoms with E-state index in [0.717, 1.165) is 54.3 Å². The van der Waals surface area contributed by atoms with E-state index in [9.17, 15) is 4.79 Å². The van der Waals surface area contributed by atoms with E-state index in [1.165, 1.54) is 0 Å². The Hall–Kier alpha value is -3.98. The topological polar surface area (TPSA) is 111 Å². The minimum Gasteiger partial charge on any atom is -0.378 e. The fraction of sp³-hybridized carbons (Fsp3) is 0.250. The van der Waals surface area contributed by atoms with Gasteiger partial charge in [-0.3, -0.25) is 4.79 Å². The summed E-state index contributed by atoms with van der Waals surface area (Å²) in [6.07, 6.45) is 1.75. The summed E-state index contributed by atoms with van der Waals surface area (Å²) in [4.78, 5) is 28.3. The van der Waals surface area contributed by atoms with Crippen LogP contribution in [0.15, 0.2) is 48.8 Å². The molecular formula is C24H25N7O2. The van der Waals surface area contributed by atoms with Crippen molar-refractivity contribution in [3.63, 3.8) is 0 Å². The van der Waals surface area contributed by atoms with Gasteiger partial charge in [-0.1, -0.05) is 12.1 Å². The minimum absolute atomic E-state index is 0.0841. The number of aryl methyl sites for hydroxylation is 2. The minimum atomic E-state index is -0.649. The van der Waals surface area contributed by atoms with Crippen LogP contribution in [0.1, 0.15) is 16.2 Å². The number of hydrogen-bond donors (Lipinski definition) is 2. The molecule has 2 aromatic carbocycles. The van der Waals surface area contributed by atoms with Crippen LogP contribution < -0.4 is 16.0 Å². The summed E-state index contributed by atoms with van der Waals surface area (Å²) in [6, 6.07) is 13.8. The van der Waals surface area contributed by atoms with E-state index < -0.39 is 5.91 Å². The van der Waals surface area contributed by atoms with Crippen molar-refractivity contribution in [3.05, 3.63) is 60.2 Å². The molecule has 2 aromatic heterocycles. The van der Waals surface area contributed by atoms with Crippen LogP contribution >= 0.6 is 0 Å². The van der Waals surface area contributed by atoms with Crippen molar-refractivity contribution in [2.45, 2.75) is 6.92 Å². The predicted octanol–water partition coefficient (Wildman–Crippen LogP) is 3.02. The van der Waals surface area contributed by atoms with Crippen LogP contribution in [0.3, 0.4) is 0 Å². The quantitative estimate of drug-likeness (QED) is 0.488. The van der Waals surface area contributed by atoms with Crippen LogP contribution in [0.2, 0.25) is 0 Å². The Morgan fingerprint density at radius 1 is 1.09 bits per heavy atom. The number of aromatic nitrogens is 4. The molecule has 0 unspecified atom stereocenters. The lowest BCUT2D eigenvalue weighted by Gasteiger charge is -2.28. The molecule has 0 radical (unpaired) electrons. The van der Waals surface area contributed by atoms with Gasteiger partial charge in [0.2, 0.25) is 0 Å². The van der Waals surface area contributed by atoms with Gasteiger partial charge in [-0.25, -0.2) is 15.0 Å². The van der Waals surface area contributed by atoms with Crippen LogP contribution in [-0.2, 0) is 11.8 Å². The van der Waals surface area contributed by atoms with Gasteiger partial charge in [0.05, 0.1) is 42.0 Å². The monoisotopic (exact) mass is 443 g/mol. The first-order valence-electron chi connectivity index (χ1n) is 10.8. The van der Waals surface area contributed by atoms with E-state index in [4.69, 9.17) is 10.5 Å². The van der Waals surface area contributed by atoms with E-state index >= 15 is 0 Å². The molecule has 9 nitrogen and oxygen atoms in total. The van der Waals surface area contributed by atoms with E-state index in [2.05, 4.69) is 25.2 Å². The van der Waals surface area contributed by atoms with Gasteiger partial charge < -0.3 is 25.3 Å². The van der Waals surface area contributed by atoms with E-state index in [1.807, 2.05) is 61.0 Å². The third-order valence-corrected chi connectivity index (χ3v) is 5.82. The third-order valence-electron chi connectivity index (χ3n) is 5.82. The molecule has 0 spiro atoms. The van der Waals surface area contributed by atoms with Gasteiger partial charge in [-0.15, -0.1) is 0 Å². The number of carbonyl (C=O) groups is 1. The molecule has 0 bridgehead atoms. The summed E-state index contributed by atoms with van der Waals surface area (Å²) < 4.78 is 7.36. The molecule has 1 fully saturated rings. The lowest BCUT2D eigenvalue weighted by atomic mass is 10.1. The smallest absolute Gasteiger partial charge is 0.271 e. The summed E-state index contributed by atoms with van der Waals surface area (Å²) in [5.74, 6) is -0.319. The number of imidazole rings is 1. The number of morpholine rings is 1. The van der Waals surface area contributed by atoms with Crippen LogP contribution in [-0.4, -0.2) is 51.7 Å². The third kappa shape index (κ3) is 3.98. The van der Waals surface area contributed by atoms with Gasteiger partial charge in [-0.2, -0.15) is 0 Å². The Morgan fingerprint density at radius 3 is 2.58 bits per heavy atom. The number of ether oxygens (including phenoxy) is 1. The standard InChI is InChI=1S/C24H25N7O2/c1-15-20(18-4-3-5-19-21(18)26-14-30(19)2)29-22(23(25)32)24(27-15)28-16-6-8-17(9-7-16)31-10-12-33-13-11-31/h3-9,14H,10-13H2,1-2H3,(H2,25,32)(H,27,28). The van der Waals surface area contributed by atoms with Gasteiger partial charge in [0.25, 0.3) is 5.91 Å². The Balaban J connectivity index is 1.48. The number of benzene rings is 2. The molecule has 0 aliphatic carbocycles. The lowest BCUT2D eigenvalue weighted by molar-refractivity contribution is 0.0996. The molecule has 4 aromatic rings. The zero-order valence-electron chi connectivity index (χ0n) is 18.6. The summed E-state index contributed by atoms with van der Waals surface area (Å²) in [7, 11) is 1.93. The number of rotatable bonds is 5. The number of nitrogens with two attached hydrogens (primary N) is 1. The van der Waals surface area contributed by atoms with Crippen molar-refractivity contribution in [1.29, 1.82) is 0 Å². The van der Waals surface area contributed by atoms with Crippen LogP contribution in [0.4, 0.5) is 17.2 Å². The normalized spacial score (nSPS) is 13.9. The fourth-order valence-electron chi connectivity index (χ4n) is 4.10. The second-order valence-electron chi connectivity index (χ2n) is 8.02. The average molecular weight is 444 g/mol. The number of primary amides is 1. The van der Waals surface area contributed by atoms with E-state index in [0.29, 0.717) is 17.2 Å². The highest BCUT2D eigenvalue weighted by Gasteiger charge is 2.19. The van der Waals surface area contributed by atoms with E-state index in [-0.39, 0.29) is 5.69 Å². The zero-order valence-corrected chi connectivity index (χ0v) is 18.6. The number of carbonyl (C=O) groups excluding carboxylic acids is 1. The van der Waals surface area contributed by atoms with Crippen LogP contribution in [0, 0.1) is 6.92 Å². The van der Waals surface area contributed by atoms with Crippen LogP contribution in [0.5, 0.6) is 0 Å². The van der Waals surface area contributed by atoms with Crippen molar-refractivity contribution >= 4 is 34.1 Å². The van der Waals surface area contributed by atoms with Crippen molar-refractivity contribution in [1.82, 2.24) is 19.5 Å². The molecule has 3 N–H and O–H groups in total. The maximum absolute atomic E-state index is 12.3. The number of nitrogens with zero attached hydrogens (tertiary/aromatic N) is 5. The Labute approximate surface area is 191 Å². The number of fused-ring (bicyclic) bond motifs is 1. The predicted molar refractivity (Wildman–Crippen MR) is 128 cm³/mol. The molecule has 168 valence electrons. The molecule has 1 saturated heterocycles. The number of amides is 1. The molecule has 9 heteroatoms. The summed E-state index contributed by atoms with van der Waals surface area (Å²) in [6.45, 7) is 5.06. The molecule has 0 saturated carbocycles.